The van der Waals surface area contributed by atoms with Gasteiger partial charge in [0.05, 0.1) is 0 Å². The van der Waals surface area contributed by atoms with Crippen molar-refractivity contribution in [2.24, 2.45) is 0 Å². The van der Waals surface area contributed by atoms with Gasteiger partial charge in [-0.05, 0) is 30.9 Å². The fourth-order valence-corrected chi connectivity index (χ4v) is 3.33. The van der Waals surface area contributed by atoms with Gasteiger partial charge in [0.2, 0.25) is 0 Å². The predicted octanol–water partition coefficient (Wildman–Crippen LogP) is 4.74. The Morgan fingerprint density at radius 1 is 1.15 bits per heavy atom. The number of rotatable bonds is 3. The predicted molar refractivity (Wildman–Crippen MR) is 88.1 cm³/mol. The number of nitrogens with one attached hydrogen (secondary N) is 1. The summed E-state index contributed by atoms with van der Waals surface area (Å²) in [6.07, 6.45) is 3.70. The normalized spacial score (nSPS) is 15.1. The second kappa shape index (κ2) is 6.94. The molecule has 0 unspecified atom stereocenters. The third kappa shape index (κ3) is 2.76. The molecule has 1 aromatic heterocycles. The zero-order chi connectivity index (χ0) is 14.5. The summed E-state index contributed by atoms with van der Waals surface area (Å²) in [6, 6.07) is 9.43. The summed E-state index contributed by atoms with van der Waals surface area (Å²) in [6.45, 7) is 10.9. The Morgan fingerprint density at radius 3 is 2.55 bits per heavy atom. The third-order valence-electron chi connectivity index (χ3n) is 4.37. The number of aromatic amines is 1. The van der Waals surface area contributed by atoms with Gasteiger partial charge in [0, 0.05) is 35.7 Å². The molecule has 0 spiro atoms. The van der Waals surface area contributed by atoms with Gasteiger partial charge in [-0.25, -0.2) is 0 Å². The average molecular weight is 272 g/mol. The van der Waals surface area contributed by atoms with Crippen LogP contribution in [-0.2, 0) is 13.0 Å². The highest BCUT2D eigenvalue weighted by molar-refractivity contribution is 5.84. The van der Waals surface area contributed by atoms with E-state index in [-0.39, 0.29) is 0 Å². The summed E-state index contributed by atoms with van der Waals surface area (Å²) >= 11 is 0. The number of benzene rings is 1. The van der Waals surface area contributed by atoms with Crippen LogP contribution in [0.3, 0.4) is 0 Å². The number of para-hydroxylation sites is 1. The first-order chi connectivity index (χ1) is 9.83. The highest BCUT2D eigenvalue weighted by Crippen LogP contribution is 2.28. The second-order valence-electron chi connectivity index (χ2n) is 5.32. The number of aromatic nitrogens is 1. The minimum Gasteiger partial charge on any atom is -0.357 e. The second-order valence-corrected chi connectivity index (χ2v) is 5.32. The summed E-state index contributed by atoms with van der Waals surface area (Å²) < 4.78 is 0. The van der Waals surface area contributed by atoms with E-state index in [1.54, 1.807) is 5.56 Å². The van der Waals surface area contributed by atoms with Crippen LogP contribution in [0.1, 0.15) is 51.8 Å². The molecule has 0 amide bonds. The van der Waals surface area contributed by atoms with Crippen molar-refractivity contribution < 1.29 is 0 Å². The molecule has 1 aliphatic heterocycles. The van der Waals surface area contributed by atoms with Crippen LogP contribution in [0.4, 0.5) is 0 Å². The first-order valence-corrected chi connectivity index (χ1v) is 8.16. The van der Waals surface area contributed by atoms with Crippen LogP contribution in [0.2, 0.25) is 0 Å². The molecule has 1 aromatic carbocycles. The number of nitrogens with zero attached hydrogens (tertiary/aromatic N) is 1. The van der Waals surface area contributed by atoms with Crippen molar-refractivity contribution in [1.82, 2.24) is 9.88 Å². The van der Waals surface area contributed by atoms with Crippen molar-refractivity contribution in [1.29, 1.82) is 0 Å². The molecule has 0 saturated heterocycles. The van der Waals surface area contributed by atoms with Gasteiger partial charge in [0.1, 0.15) is 0 Å². The van der Waals surface area contributed by atoms with Crippen LogP contribution in [0, 0.1) is 0 Å². The molecule has 0 bridgehead atoms. The first-order valence-electron chi connectivity index (χ1n) is 8.16. The summed E-state index contributed by atoms with van der Waals surface area (Å²) in [5, 5.41) is 1.43. The van der Waals surface area contributed by atoms with Crippen LogP contribution < -0.4 is 0 Å². The van der Waals surface area contributed by atoms with Crippen molar-refractivity contribution in [3.63, 3.8) is 0 Å². The monoisotopic (exact) mass is 272 g/mol. The largest absolute Gasteiger partial charge is 0.357 e. The Kier molecular flexibility index (Phi) is 5.24. The molecule has 3 rings (SSSR count). The molecule has 2 heterocycles. The highest BCUT2D eigenvalue weighted by Gasteiger charge is 2.23. The Morgan fingerprint density at radius 2 is 1.85 bits per heavy atom. The number of hydrogen-bond acceptors (Lipinski definition) is 1. The third-order valence-corrected chi connectivity index (χ3v) is 4.37. The lowest BCUT2D eigenvalue weighted by atomic mass is 10.0. The van der Waals surface area contributed by atoms with E-state index in [4.69, 9.17) is 0 Å². The van der Waals surface area contributed by atoms with E-state index in [1.807, 2.05) is 13.8 Å². The van der Waals surface area contributed by atoms with Crippen molar-refractivity contribution in [3.05, 3.63) is 35.5 Å². The van der Waals surface area contributed by atoms with Crippen LogP contribution in [0.5, 0.6) is 0 Å². The maximum Gasteiger partial charge on any atom is 0.0459 e. The van der Waals surface area contributed by atoms with Gasteiger partial charge < -0.3 is 4.98 Å². The minimum atomic E-state index is 0.740. The van der Waals surface area contributed by atoms with E-state index < -0.39 is 0 Å². The van der Waals surface area contributed by atoms with Crippen LogP contribution >= 0.6 is 0 Å². The maximum atomic E-state index is 3.61. The van der Waals surface area contributed by atoms with Crippen molar-refractivity contribution in [2.75, 3.05) is 6.54 Å². The van der Waals surface area contributed by atoms with E-state index in [0.717, 1.165) is 12.6 Å². The molecular formula is C18H28N2. The molecule has 0 atom stereocenters. The van der Waals surface area contributed by atoms with Gasteiger partial charge in [0.15, 0.2) is 0 Å². The fraction of sp³-hybridized carbons (Fsp3) is 0.556. The van der Waals surface area contributed by atoms with Gasteiger partial charge >= 0.3 is 0 Å². The minimum absolute atomic E-state index is 0.740. The number of H-pyrrole nitrogens is 1. The molecule has 110 valence electrons. The van der Waals surface area contributed by atoms with Gasteiger partial charge in [-0.1, -0.05) is 45.9 Å². The molecule has 1 N–H and O–H groups in total. The SMILES string of the molecule is CC.CCC(CC)N1CCc2c([nH]c3ccccc23)C1. The van der Waals surface area contributed by atoms with Gasteiger partial charge in [-0.3, -0.25) is 4.90 Å². The van der Waals surface area contributed by atoms with E-state index in [1.165, 1.54) is 42.4 Å². The Bertz CT molecular complexity index is 537. The lowest BCUT2D eigenvalue weighted by molar-refractivity contribution is 0.167. The van der Waals surface area contributed by atoms with Crippen LogP contribution in [-0.4, -0.2) is 22.5 Å². The zero-order valence-electron chi connectivity index (χ0n) is 13.4. The fourth-order valence-electron chi connectivity index (χ4n) is 3.33. The van der Waals surface area contributed by atoms with E-state index >= 15 is 0 Å². The van der Waals surface area contributed by atoms with E-state index in [2.05, 4.69) is 48.0 Å². The smallest absolute Gasteiger partial charge is 0.0459 e. The number of hydrogen-bond donors (Lipinski definition) is 1. The summed E-state index contributed by atoms with van der Waals surface area (Å²) in [5.74, 6) is 0. The van der Waals surface area contributed by atoms with Gasteiger partial charge in [-0.2, -0.15) is 0 Å². The van der Waals surface area contributed by atoms with Gasteiger partial charge in [-0.15, -0.1) is 0 Å². The molecule has 1 aliphatic rings. The number of fused-ring (bicyclic) bond motifs is 3. The Balaban J connectivity index is 0.000000704. The summed E-state index contributed by atoms with van der Waals surface area (Å²) in [5.41, 5.74) is 4.29. The highest BCUT2D eigenvalue weighted by atomic mass is 15.2. The lowest BCUT2D eigenvalue weighted by Gasteiger charge is -2.33. The van der Waals surface area contributed by atoms with Crippen molar-refractivity contribution in [3.8, 4) is 0 Å². The molecule has 0 fully saturated rings. The molecule has 0 saturated carbocycles. The van der Waals surface area contributed by atoms with Crippen LogP contribution in [0.25, 0.3) is 10.9 Å². The van der Waals surface area contributed by atoms with E-state index in [0.29, 0.717) is 0 Å². The van der Waals surface area contributed by atoms with Crippen molar-refractivity contribution in [2.45, 2.75) is 59.5 Å². The van der Waals surface area contributed by atoms with E-state index in [9.17, 15) is 0 Å². The van der Waals surface area contributed by atoms with Gasteiger partial charge in [0.25, 0.3) is 0 Å². The topological polar surface area (TPSA) is 19.0 Å². The molecule has 2 nitrogen and oxygen atoms in total. The lowest BCUT2D eigenvalue weighted by Crippen LogP contribution is -2.38. The quantitative estimate of drug-likeness (QED) is 0.855. The van der Waals surface area contributed by atoms with Crippen LogP contribution in [0.15, 0.2) is 24.3 Å². The molecule has 0 radical (unpaired) electrons. The Hall–Kier alpha value is -1.28. The maximum absolute atomic E-state index is 3.61. The molecule has 20 heavy (non-hydrogen) atoms. The standard InChI is InChI=1S/C16H22N2.C2H6/c1-3-12(4-2)18-10-9-14-13-7-5-6-8-15(13)17-16(14)11-18;1-2/h5-8,12,17H,3-4,9-11H2,1-2H3;1-2H3. The Labute approximate surface area is 123 Å². The average Bonchev–Trinajstić information content (AvgIpc) is 2.88. The first kappa shape index (κ1) is 15.1. The molecule has 0 aliphatic carbocycles. The summed E-state index contributed by atoms with van der Waals surface area (Å²) in [7, 11) is 0. The molecular weight excluding hydrogens is 244 g/mol. The molecule has 2 aromatic rings. The molecule has 2 heteroatoms. The zero-order valence-corrected chi connectivity index (χ0v) is 13.4. The van der Waals surface area contributed by atoms with Crippen molar-refractivity contribution >= 4 is 10.9 Å². The summed E-state index contributed by atoms with van der Waals surface area (Å²) in [4.78, 5) is 6.24.